The van der Waals surface area contributed by atoms with E-state index in [2.05, 4.69) is 29.2 Å². The van der Waals surface area contributed by atoms with Crippen LogP contribution in [0.15, 0.2) is 72.8 Å². The molecule has 1 N–H and O–H groups in total. The third kappa shape index (κ3) is 2.68. The number of H-pyrrole nitrogens is 1. The molecule has 3 heteroatoms. The van der Waals surface area contributed by atoms with E-state index in [0.717, 1.165) is 33.3 Å². The predicted molar refractivity (Wildman–Crippen MR) is 106 cm³/mol. The molecule has 0 saturated heterocycles. The van der Waals surface area contributed by atoms with Gasteiger partial charge in [-0.2, -0.15) is 0 Å². The second kappa shape index (κ2) is 6.52. The molecule has 0 fully saturated rings. The Bertz CT molecular complexity index is 1080. The Balaban J connectivity index is 2.09. The first-order valence-electron chi connectivity index (χ1n) is 8.54. The number of hydrogen-bond acceptors (Lipinski definition) is 2. The summed E-state index contributed by atoms with van der Waals surface area (Å²) in [5, 5.41) is 1.04. The molecule has 0 aliphatic carbocycles. The molecule has 0 bridgehead atoms. The van der Waals surface area contributed by atoms with E-state index < -0.39 is 0 Å². The van der Waals surface area contributed by atoms with Gasteiger partial charge in [0.1, 0.15) is 5.75 Å². The van der Waals surface area contributed by atoms with Gasteiger partial charge in [-0.15, -0.1) is 0 Å². The van der Waals surface area contributed by atoms with Crippen LogP contribution < -0.4 is 4.74 Å². The zero-order chi connectivity index (χ0) is 18.1. The lowest BCUT2D eigenvalue weighted by Crippen LogP contribution is -1.97. The number of hydrogen-bond donors (Lipinski definition) is 1. The van der Waals surface area contributed by atoms with Crippen molar-refractivity contribution in [1.82, 2.24) is 4.98 Å². The van der Waals surface area contributed by atoms with E-state index in [1.807, 2.05) is 48.5 Å². The average molecular weight is 341 g/mol. The summed E-state index contributed by atoms with van der Waals surface area (Å²) in [6.07, 6.45) is 0. The molecule has 1 heterocycles. The van der Waals surface area contributed by atoms with Crippen molar-refractivity contribution in [2.45, 2.75) is 6.92 Å². The van der Waals surface area contributed by atoms with Gasteiger partial charge in [-0.1, -0.05) is 60.7 Å². The normalized spacial score (nSPS) is 10.8. The van der Waals surface area contributed by atoms with Gasteiger partial charge in [-0.25, -0.2) is 0 Å². The highest BCUT2D eigenvalue weighted by Crippen LogP contribution is 2.40. The molecule has 0 unspecified atom stereocenters. The Morgan fingerprint density at radius 2 is 1.50 bits per heavy atom. The van der Waals surface area contributed by atoms with E-state index in [9.17, 15) is 4.79 Å². The average Bonchev–Trinajstić information content (AvgIpc) is 3.06. The van der Waals surface area contributed by atoms with Gasteiger partial charge in [0.05, 0.1) is 18.4 Å². The number of nitrogens with one attached hydrogen (secondary N) is 1. The van der Waals surface area contributed by atoms with E-state index in [1.54, 1.807) is 14.0 Å². The molecule has 3 aromatic carbocycles. The molecular weight excluding hydrogens is 322 g/mol. The second-order valence-corrected chi connectivity index (χ2v) is 6.26. The number of carbonyl (C=O) groups excluding carboxylic acids is 1. The van der Waals surface area contributed by atoms with Crippen LogP contribution in [0.2, 0.25) is 0 Å². The first-order chi connectivity index (χ1) is 12.7. The molecule has 0 saturated carbocycles. The maximum atomic E-state index is 12.0. The van der Waals surface area contributed by atoms with E-state index in [1.165, 1.54) is 0 Å². The molecule has 4 rings (SSSR count). The number of rotatable bonds is 4. The van der Waals surface area contributed by atoms with Crippen molar-refractivity contribution in [2.75, 3.05) is 7.11 Å². The van der Waals surface area contributed by atoms with Crippen LogP contribution in [-0.4, -0.2) is 17.9 Å². The smallest absolute Gasteiger partial charge is 0.163 e. The summed E-state index contributed by atoms with van der Waals surface area (Å²) in [7, 11) is 1.60. The van der Waals surface area contributed by atoms with E-state index in [0.29, 0.717) is 11.3 Å². The number of ketones is 1. The number of benzene rings is 3. The number of aromatic nitrogens is 1. The van der Waals surface area contributed by atoms with Gasteiger partial charge in [-0.05, 0) is 30.2 Å². The number of methoxy groups -OCH3 is 1. The van der Waals surface area contributed by atoms with Gasteiger partial charge in [0.25, 0.3) is 0 Å². The van der Waals surface area contributed by atoms with Crippen molar-refractivity contribution < 1.29 is 9.53 Å². The highest BCUT2D eigenvalue weighted by Gasteiger charge is 2.18. The van der Waals surface area contributed by atoms with Crippen molar-refractivity contribution in [3.63, 3.8) is 0 Å². The van der Waals surface area contributed by atoms with Gasteiger partial charge in [0.15, 0.2) is 5.78 Å². The fourth-order valence-corrected chi connectivity index (χ4v) is 3.39. The SMILES string of the molecule is COc1cc2c(-c3ccccc3)c(-c3ccccc3)[nH]c2cc1C(C)=O. The first kappa shape index (κ1) is 16.2. The summed E-state index contributed by atoms with van der Waals surface area (Å²) < 4.78 is 5.49. The van der Waals surface area contributed by atoms with Crippen molar-refractivity contribution >= 4 is 16.7 Å². The fraction of sp³-hybridized carbons (Fsp3) is 0.0870. The molecule has 0 spiro atoms. The molecule has 3 nitrogen and oxygen atoms in total. The highest BCUT2D eigenvalue weighted by atomic mass is 16.5. The minimum absolute atomic E-state index is 0.0131. The highest BCUT2D eigenvalue weighted by molar-refractivity contribution is 6.08. The Labute approximate surface area is 152 Å². The van der Waals surface area contributed by atoms with Crippen molar-refractivity contribution in [3.05, 3.63) is 78.4 Å². The molecule has 128 valence electrons. The van der Waals surface area contributed by atoms with E-state index in [4.69, 9.17) is 4.74 Å². The first-order valence-corrected chi connectivity index (χ1v) is 8.54. The van der Waals surface area contributed by atoms with Crippen LogP contribution in [0.3, 0.4) is 0 Å². The van der Waals surface area contributed by atoms with Crippen LogP contribution in [0.4, 0.5) is 0 Å². The van der Waals surface area contributed by atoms with Gasteiger partial charge < -0.3 is 9.72 Å². The Kier molecular flexibility index (Phi) is 4.05. The summed E-state index contributed by atoms with van der Waals surface area (Å²) in [4.78, 5) is 15.5. The lowest BCUT2D eigenvalue weighted by molar-refractivity contribution is 0.101. The molecular formula is C23H19NO2. The van der Waals surface area contributed by atoms with Gasteiger partial charge in [-0.3, -0.25) is 4.79 Å². The number of ether oxygens (including phenoxy) is 1. The number of aromatic amines is 1. The summed E-state index contributed by atoms with van der Waals surface area (Å²) in [5.74, 6) is 0.585. The summed E-state index contributed by atoms with van der Waals surface area (Å²) in [6.45, 7) is 1.56. The zero-order valence-corrected chi connectivity index (χ0v) is 14.7. The summed E-state index contributed by atoms with van der Waals surface area (Å²) in [5.41, 5.74) is 5.88. The van der Waals surface area contributed by atoms with Crippen LogP contribution in [0.5, 0.6) is 5.75 Å². The molecule has 1 aromatic heterocycles. The number of Topliss-reactive ketones (excluding diaryl/α,β-unsaturated/α-hetero) is 1. The largest absolute Gasteiger partial charge is 0.496 e. The topological polar surface area (TPSA) is 42.1 Å². The molecule has 0 amide bonds. The standard InChI is InChI=1S/C23H19NO2/c1-15(25)18-13-20-19(14-21(18)26-2)22(16-9-5-3-6-10-16)23(24-20)17-11-7-4-8-12-17/h3-14,24H,1-2H3. The third-order valence-electron chi connectivity index (χ3n) is 4.62. The number of fused-ring (bicyclic) bond motifs is 1. The van der Waals surface area contributed by atoms with Gasteiger partial charge in [0, 0.05) is 16.5 Å². The van der Waals surface area contributed by atoms with Crippen LogP contribution in [0.1, 0.15) is 17.3 Å². The number of carbonyl (C=O) groups is 1. The molecule has 0 radical (unpaired) electrons. The Hall–Kier alpha value is -3.33. The molecule has 0 aliphatic heterocycles. The molecule has 0 aliphatic rings. The summed E-state index contributed by atoms with van der Waals surface area (Å²) >= 11 is 0. The van der Waals surface area contributed by atoms with E-state index in [-0.39, 0.29) is 5.78 Å². The molecule has 26 heavy (non-hydrogen) atoms. The van der Waals surface area contributed by atoms with Crippen molar-refractivity contribution in [3.8, 4) is 28.1 Å². The third-order valence-corrected chi connectivity index (χ3v) is 4.62. The Morgan fingerprint density at radius 1 is 0.885 bits per heavy atom. The van der Waals surface area contributed by atoms with Crippen LogP contribution in [-0.2, 0) is 0 Å². The fourth-order valence-electron chi connectivity index (χ4n) is 3.39. The summed E-state index contributed by atoms with van der Waals surface area (Å²) in [6, 6.07) is 24.3. The molecule has 0 atom stereocenters. The lowest BCUT2D eigenvalue weighted by atomic mass is 9.97. The van der Waals surface area contributed by atoms with Gasteiger partial charge in [0.2, 0.25) is 0 Å². The second-order valence-electron chi connectivity index (χ2n) is 6.26. The molecule has 4 aromatic rings. The van der Waals surface area contributed by atoms with Crippen LogP contribution in [0.25, 0.3) is 33.3 Å². The minimum atomic E-state index is -0.0131. The maximum absolute atomic E-state index is 12.0. The van der Waals surface area contributed by atoms with Crippen molar-refractivity contribution in [1.29, 1.82) is 0 Å². The Morgan fingerprint density at radius 3 is 2.08 bits per heavy atom. The maximum Gasteiger partial charge on any atom is 0.163 e. The van der Waals surface area contributed by atoms with Crippen LogP contribution >= 0.6 is 0 Å². The monoisotopic (exact) mass is 341 g/mol. The lowest BCUT2D eigenvalue weighted by Gasteiger charge is -2.08. The zero-order valence-electron chi connectivity index (χ0n) is 14.7. The minimum Gasteiger partial charge on any atom is -0.496 e. The van der Waals surface area contributed by atoms with Crippen molar-refractivity contribution in [2.24, 2.45) is 0 Å². The predicted octanol–water partition coefficient (Wildman–Crippen LogP) is 5.71. The van der Waals surface area contributed by atoms with E-state index >= 15 is 0 Å². The van der Waals surface area contributed by atoms with Gasteiger partial charge >= 0.3 is 0 Å². The van der Waals surface area contributed by atoms with Crippen LogP contribution in [0, 0.1) is 0 Å². The quantitative estimate of drug-likeness (QED) is 0.483.